The molecule has 17 heteroatoms. The van der Waals surface area contributed by atoms with Crippen molar-refractivity contribution in [2.24, 2.45) is 5.73 Å². The molecule has 1 aromatic heterocycles. The number of benzene rings is 2. The van der Waals surface area contributed by atoms with Gasteiger partial charge in [-0.05, 0) is 82.3 Å². The Bertz CT molecular complexity index is 1570. The van der Waals surface area contributed by atoms with E-state index < -0.39 is 30.1 Å². The summed E-state index contributed by atoms with van der Waals surface area (Å²) in [6.07, 6.45) is -6.01. The van der Waals surface area contributed by atoms with Crippen LogP contribution in [-0.4, -0.2) is 58.0 Å². The average Bonchev–Trinajstić information content (AvgIpc) is 3.01. The van der Waals surface area contributed by atoms with Crippen molar-refractivity contribution in [1.29, 1.82) is 5.41 Å². The van der Waals surface area contributed by atoms with E-state index in [9.17, 15) is 26.3 Å². The number of halogens is 7. The van der Waals surface area contributed by atoms with Crippen molar-refractivity contribution in [3.63, 3.8) is 0 Å². The Morgan fingerprint density at radius 3 is 2.00 bits per heavy atom. The van der Waals surface area contributed by atoms with Crippen LogP contribution in [0.1, 0.15) is 56.1 Å². The molecule has 0 unspecified atom stereocenters. The first-order valence-electron chi connectivity index (χ1n) is 14.7. The van der Waals surface area contributed by atoms with Crippen LogP contribution in [0.15, 0.2) is 48.5 Å². The number of carboxylic acid groups (broad SMARTS) is 2. The molecule has 0 aliphatic heterocycles. The smallest absolute Gasteiger partial charge is 0.490 e. The fourth-order valence-electron chi connectivity index (χ4n) is 4.36. The molecule has 0 amide bonds. The maximum absolute atomic E-state index is 15.9. The lowest BCUT2D eigenvalue weighted by Gasteiger charge is -2.28. The number of rotatable bonds is 9. The molecule has 0 saturated heterocycles. The lowest BCUT2D eigenvalue weighted by molar-refractivity contribution is -0.193. The van der Waals surface area contributed by atoms with Gasteiger partial charge in [0.2, 0.25) is 0 Å². The minimum Gasteiger partial charge on any atom is -0.494 e. The Kier molecular flexibility index (Phi) is 14.2. The molecule has 0 atom stereocenters. The van der Waals surface area contributed by atoms with Crippen LogP contribution >= 0.6 is 0 Å². The highest BCUT2D eigenvalue weighted by atomic mass is 19.4. The summed E-state index contributed by atoms with van der Waals surface area (Å²) in [6.45, 7) is 6.43. The first-order valence-corrected chi connectivity index (χ1v) is 14.7. The molecule has 10 nitrogen and oxygen atoms in total. The number of amidine groups is 1. The molecule has 3 aromatic rings. The predicted octanol–water partition coefficient (Wildman–Crippen LogP) is 7.17. The van der Waals surface area contributed by atoms with Crippen LogP contribution < -0.4 is 20.1 Å². The predicted molar refractivity (Wildman–Crippen MR) is 165 cm³/mol. The highest BCUT2D eigenvalue weighted by molar-refractivity contribution is 5.95. The van der Waals surface area contributed by atoms with Crippen LogP contribution in [0.3, 0.4) is 0 Å². The van der Waals surface area contributed by atoms with E-state index in [0.29, 0.717) is 30.2 Å². The first-order chi connectivity index (χ1) is 22.7. The van der Waals surface area contributed by atoms with E-state index in [4.69, 9.17) is 45.4 Å². The zero-order valence-corrected chi connectivity index (χ0v) is 26.6. The van der Waals surface area contributed by atoms with Gasteiger partial charge in [-0.3, -0.25) is 10.4 Å². The van der Waals surface area contributed by atoms with Crippen molar-refractivity contribution >= 4 is 29.1 Å². The summed E-state index contributed by atoms with van der Waals surface area (Å²) in [4.78, 5) is 24.6. The van der Waals surface area contributed by atoms with Crippen molar-refractivity contribution < 1.29 is 60.0 Å². The summed E-state index contributed by atoms with van der Waals surface area (Å²) < 4.78 is 90.9. The molecule has 0 spiro atoms. The van der Waals surface area contributed by atoms with Crippen molar-refractivity contribution in [1.82, 2.24) is 4.98 Å². The van der Waals surface area contributed by atoms with E-state index in [2.05, 4.69) is 6.07 Å². The number of nitrogen functional groups attached to an aromatic ring is 1. The summed E-state index contributed by atoms with van der Waals surface area (Å²) in [5, 5.41) is 22.0. The van der Waals surface area contributed by atoms with Crippen LogP contribution in [-0.2, 0) is 29.0 Å². The second kappa shape index (κ2) is 17.3. The number of aliphatic carboxylic acids is 2. The molecule has 0 saturated carbocycles. The third kappa shape index (κ3) is 12.5. The average molecular weight is 705 g/mol. The van der Waals surface area contributed by atoms with E-state index in [-0.39, 0.29) is 17.7 Å². The zero-order valence-electron chi connectivity index (χ0n) is 26.6. The van der Waals surface area contributed by atoms with Crippen molar-refractivity contribution in [2.75, 3.05) is 11.5 Å². The van der Waals surface area contributed by atoms with Gasteiger partial charge in [0, 0.05) is 29.1 Å². The van der Waals surface area contributed by atoms with E-state index in [1.165, 1.54) is 12.0 Å². The van der Waals surface area contributed by atoms with Gasteiger partial charge in [-0.15, -0.1) is 0 Å². The van der Waals surface area contributed by atoms with Crippen LogP contribution in [0, 0.1) is 11.2 Å². The van der Waals surface area contributed by atoms with Crippen LogP contribution in [0.2, 0.25) is 0 Å². The molecule has 4 rings (SSSR count). The molecule has 2 aromatic carbocycles. The number of nitrogens with one attached hydrogen (secondary N) is 1. The standard InChI is InChI=1S/C28H33FN4O2.2C2HF3O2/c1-4-34-23-15-25(27(29)26(16-23)35-18(2)3)33(22-13-10-20(11-14-22)28(30)31)17-21-12-9-19-7-5-6-8-24(19)32-21;2*3-2(4,5)1(6)7/h9-16,18H,4-8,17H2,1-3H3,(H3,30,31);2*(H,6,7). The van der Waals surface area contributed by atoms with Crippen LogP contribution in [0.25, 0.3) is 0 Å². The number of carbonyl (C=O) groups is 2. The second-order valence-corrected chi connectivity index (χ2v) is 10.6. The lowest BCUT2D eigenvalue weighted by atomic mass is 9.96. The molecule has 1 aliphatic rings. The van der Waals surface area contributed by atoms with Gasteiger partial charge < -0.3 is 30.3 Å². The van der Waals surface area contributed by atoms with Gasteiger partial charge in [0.25, 0.3) is 0 Å². The molecule has 268 valence electrons. The molecule has 5 N–H and O–H groups in total. The SMILES string of the molecule is CCOc1cc(OC(C)C)c(F)c(N(Cc2ccc3c(n2)CCCC3)c2ccc(C(=N)N)cc2)c1.O=C(O)C(F)(F)F.O=C(O)C(F)(F)F. The second-order valence-electron chi connectivity index (χ2n) is 10.6. The van der Waals surface area contributed by atoms with Crippen LogP contribution in [0.5, 0.6) is 11.5 Å². The third-order valence-electron chi connectivity index (χ3n) is 6.49. The number of aromatic nitrogens is 1. The van der Waals surface area contributed by atoms with Gasteiger partial charge in [0.15, 0.2) is 11.6 Å². The number of carboxylic acids is 2. The van der Waals surface area contributed by atoms with Gasteiger partial charge in [0.05, 0.1) is 30.6 Å². The minimum atomic E-state index is -5.08. The topological polar surface area (TPSA) is 159 Å². The molecule has 0 fully saturated rings. The van der Waals surface area contributed by atoms with Gasteiger partial charge in [0.1, 0.15) is 11.6 Å². The maximum atomic E-state index is 15.9. The maximum Gasteiger partial charge on any atom is 0.490 e. The molecular weight excluding hydrogens is 669 g/mol. The third-order valence-corrected chi connectivity index (χ3v) is 6.49. The van der Waals surface area contributed by atoms with Crippen molar-refractivity contribution in [2.45, 2.75) is 71.5 Å². The minimum absolute atomic E-state index is 0.0170. The molecule has 1 aliphatic carbocycles. The van der Waals surface area contributed by atoms with E-state index >= 15 is 4.39 Å². The van der Waals surface area contributed by atoms with Crippen LogP contribution in [0.4, 0.5) is 42.1 Å². The summed E-state index contributed by atoms with van der Waals surface area (Å²) in [6, 6.07) is 14.7. The number of alkyl halides is 6. The number of hydrogen-bond acceptors (Lipinski definition) is 7. The molecular formula is C32H35F7N4O6. The highest BCUT2D eigenvalue weighted by Crippen LogP contribution is 2.38. The van der Waals surface area contributed by atoms with E-state index in [1.54, 1.807) is 24.3 Å². The number of nitrogens with zero attached hydrogens (tertiary/aromatic N) is 2. The van der Waals surface area contributed by atoms with Crippen molar-refractivity contribution in [3.8, 4) is 11.5 Å². The van der Waals surface area contributed by atoms with E-state index in [1.807, 2.05) is 43.9 Å². The number of ether oxygens (including phenoxy) is 2. The number of aryl methyl sites for hydroxylation is 2. The van der Waals surface area contributed by atoms with Gasteiger partial charge >= 0.3 is 24.3 Å². The lowest BCUT2D eigenvalue weighted by Crippen LogP contribution is -2.21. The zero-order chi connectivity index (χ0) is 37.1. The fraction of sp³-hybridized carbons (Fsp3) is 0.375. The summed E-state index contributed by atoms with van der Waals surface area (Å²) in [7, 11) is 0. The number of fused-ring (bicyclic) bond motifs is 1. The molecule has 0 bridgehead atoms. The Balaban J connectivity index is 0.000000500. The molecule has 49 heavy (non-hydrogen) atoms. The Morgan fingerprint density at radius 2 is 1.51 bits per heavy atom. The Labute approximate surface area is 276 Å². The number of anilines is 2. The number of pyridine rings is 1. The van der Waals surface area contributed by atoms with Gasteiger partial charge in [-0.25, -0.2) is 14.0 Å². The summed E-state index contributed by atoms with van der Waals surface area (Å²) >= 11 is 0. The first kappa shape index (κ1) is 40.1. The monoisotopic (exact) mass is 704 g/mol. The van der Waals surface area contributed by atoms with Gasteiger partial charge in [-0.2, -0.15) is 26.3 Å². The Hall–Kier alpha value is -5.09. The highest BCUT2D eigenvalue weighted by Gasteiger charge is 2.39. The number of hydrogen-bond donors (Lipinski definition) is 4. The summed E-state index contributed by atoms with van der Waals surface area (Å²) in [5.41, 5.74) is 10.6. The normalized spacial score (nSPS) is 12.4. The molecule has 1 heterocycles. The van der Waals surface area contributed by atoms with Gasteiger partial charge in [-0.1, -0.05) is 6.07 Å². The van der Waals surface area contributed by atoms with Crippen molar-refractivity contribution in [3.05, 3.63) is 76.9 Å². The quantitative estimate of drug-likeness (QED) is 0.103. The largest absolute Gasteiger partial charge is 0.494 e. The molecule has 0 radical (unpaired) electrons. The fourth-order valence-corrected chi connectivity index (χ4v) is 4.36. The number of nitrogens with two attached hydrogens (primary N) is 1. The Morgan fingerprint density at radius 1 is 0.959 bits per heavy atom. The van der Waals surface area contributed by atoms with E-state index in [0.717, 1.165) is 36.3 Å². The summed E-state index contributed by atoms with van der Waals surface area (Å²) in [5.74, 6) is -5.32.